The minimum atomic E-state index is -0.00266. The second-order valence-electron chi connectivity index (χ2n) is 4.07. The van der Waals surface area contributed by atoms with Gasteiger partial charge in [-0.1, -0.05) is 6.92 Å². The van der Waals surface area contributed by atoms with Crippen molar-refractivity contribution < 1.29 is 14.6 Å². The number of aliphatic hydroxyl groups is 1. The summed E-state index contributed by atoms with van der Waals surface area (Å²) in [6.07, 6.45) is 3.42. The molecule has 2 heterocycles. The molecule has 2 fully saturated rings. The van der Waals surface area contributed by atoms with E-state index in [4.69, 9.17) is 14.6 Å². The lowest BCUT2D eigenvalue weighted by molar-refractivity contribution is 0.0103. The summed E-state index contributed by atoms with van der Waals surface area (Å²) in [7, 11) is 0. The third kappa shape index (κ3) is 2.08. The van der Waals surface area contributed by atoms with Gasteiger partial charge in [-0.3, -0.25) is 5.32 Å². The average Bonchev–Trinajstić information content (AvgIpc) is 2.71. The molecule has 0 saturated carbocycles. The Hall–Kier alpha value is -0.160. The Morgan fingerprint density at radius 1 is 1.29 bits per heavy atom. The monoisotopic (exact) mass is 201 g/mol. The van der Waals surface area contributed by atoms with Crippen LogP contribution in [0, 0.1) is 0 Å². The Morgan fingerprint density at radius 2 is 2.07 bits per heavy atom. The van der Waals surface area contributed by atoms with Crippen LogP contribution in [0.2, 0.25) is 0 Å². The smallest absolute Gasteiger partial charge is 0.111 e. The Balaban J connectivity index is 1.76. The molecular formula is C10H19NO3. The van der Waals surface area contributed by atoms with Crippen molar-refractivity contribution in [3.8, 4) is 0 Å². The van der Waals surface area contributed by atoms with Crippen molar-refractivity contribution in [2.75, 3.05) is 13.2 Å². The van der Waals surface area contributed by atoms with E-state index in [1.807, 2.05) is 0 Å². The first-order valence-electron chi connectivity index (χ1n) is 5.48. The zero-order chi connectivity index (χ0) is 9.97. The number of fused-ring (bicyclic) bond motifs is 1. The summed E-state index contributed by atoms with van der Waals surface area (Å²) in [6.45, 7) is 3.25. The summed E-state index contributed by atoms with van der Waals surface area (Å²) in [5.74, 6) is 0. The first kappa shape index (κ1) is 10.4. The van der Waals surface area contributed by atoms with Crippen molar-refractivity contribution >= 4 is 0 Å². The summed E-state index contributed by atoms with van der Waals surface area (Å²) in [6, 6.07) is 0. The van der Waals surface area contributed by atoms with Gasteiger partial charge in [0, 0.05) is 12.8 Å². The molecule has 2 N–H and O–H groups in total. The van der Waals surface area contributed by atoms with Crippen LogP contribution in [-0.2, 0) is 9.47 Å². The molecule has 0 aromatic rings. The summed E-state index contributed by atoms with van der Waals surface area (Å²) < 4.78 is 11.4. The van der Waals surface area contributed by atoms with Crippen LogP contribution in [0.1, 0.15) is 26.2 Å². The van der Waals surface area contributed by atoms with Crippen molar-refractivity contribution in [1.29, 1.82) is 0 Å². The van der Waals surface area contributed by atoms with Gasteiger partial charge in [-0.2, -0.15) is 0 Å². The van der Waals surface area contributed by atoms with Crippen molar-refractivity contribution in [3.63, 3.8) is 0 Å². The van der Waals surface area contributed by atoms with Gasteiger partial charge in [-0.25, -0.2) is 0 Å². The molecule has 4 atom stereocenters. The van der Waals surface area contributed by atoms with E-state index in [0.29, 0.717) is 0 Å². The van der Waals surface area contributed by atoms with E-state index in [1.54, 1.807) is 0 Å². The predicted molar refractivity (Wildman–Crippen MR) is 51.9 cm³/mol. The van der Waals surface area contributed by atoms with Crippen molar-refractivity contribution in [2.45, 2.75) is 50.7 Å². The van der Waals surface area contributed by atoms with Crippen molar-refractivity contribution in [3.05, 3.63) is 0 Å². The van der Waals surface area contributed by atoms with Crippen LogP contribution in [-0.4, -0.2) is 42.8 Å². The molecule has 0 radical (unpaired) electrons. The molecule has 2 rings (SSSR count). The lowest BCUT2D eigenvalue weighted by Gasteiger charge is -2.14. The van der Waals surface area contributed by atoms with Crippen LogP contribution in [0.3, 0.4) is 0 Å². The molecule has 0 spiro atoms. The Kier molecular flexibility index (Phi) is 3.38. The van der Waals surface area contributed by atoms with Crippen molar-refractivity contribution in [1.82, 2.24) is 5.32 Å². The highest BCUT2D eigenvalue weighted by molar-refractivity contribution is 4.90. The second kappa shape index (κ2) is 4.57. The third-order valence-corrected chi connectivity index (χ3v) is 2.89. The number of rotatable bonds is 4. The van der Waals surface area contributed by atoms with E-state index in [2.05, 4.69) is 12.2 Å². The van der Waals surface area contributed by atoms with E-state index < -0.39 is 0 Å². The highest BCUT2D eigenvalue weighted by Gasteiger charge is 2.43. The fourth-order valence-electron chi connectivity index (χ4n) is 2.18. The first-order chi connectivity index (χ1) is 6.83. The van der Waals surface area contributed by atoms with Crippen LogP contribution < -0.4 is 5.32 Å². The van der Waals surface area contributed by atoms with Gasteiger partial charge in [0.2, 0.25) is 0 Å². The molecule has 0 aliphatic carbocycles. The number of hydrogen-bond acceptors (Lipinski definition) is 4. The normalized spacial score (nSPS) is 41.6. The predicted octanol–water partition coefficient (Wildman–Crippen LogP) is 0.251. The van der Waals surface area contributed by atoms with E-state index >= 15 is 0 Å². The Labute approximate surface area is 84.6 Å². The quantitative estimate of drug-likeness (QED) is 0.684. The van der Waals surface area contributed by atoms with E-state index in [1.165, 1.54) is 0 Å². The minimum Gasteiger partial charge on any atom is -0.394 e. The van der Waals surface area contributed by atoms with Crippen LogP contribution >= 0.6 is 0 Å². The van der Waals surface area contributed by atoms with Crippen LogP contribution in [0.5, 0.6) is 0 Å². The molecule has 2 saturated heterocycles. The molecule has 2 aliphatic rings. The van der Waals surface area contributed by atoms with Crippen molar-refractivity contribution in [2.24, 2.45) is 0 Å². The van der Waals surface area contributed by atoms with Gasteiger partial charge in [0.1, 0.15) is 6.23 Å². The Bertz CT molecular complexity index is 174. The molecule has 4 unspecified atom stereocenters. The van der Waals surface area contributed by atoms with Crippen LogP contribution in [0.15, 0.2) is 0 Å². The van der Waals surface area contributed by atoms with E-state index in [9.17, 15) is 0 Å². The average molecular weight is 201 g/mol. The standard InChI is InChI=1S/C10H19NO3/c1-2-3-11-10-5-9-8(14-10)4-7(6-12)13-9/h7-12H,2-6H2,1H3. The molecule has 0 amide bonds. The van der Waals surface area contributed by atoms with Gasteiger partial charge in [-0.15, -0.1) is 0 Å². The zero-order valence-electron chi connectivity index (χ0n) is 8.61. The van der Waals surface area contributed by atoms with E-state index in [0.717, 1.165) is 25.8 Å². The van der Waals surface area contributed by atoms with Gasteiger partial charge in [0.25, 0.3) is 0 Å². The highest BCUT2D eigenvalue weighted by Crippen LogP contribution is 2.32. The number of aliphatic hydroxyl groups excluding tert-OH is 1. The van der Waals surface area contributed by atoms with Gasteiger partial charge in [-0.05, 0) is 13.0 Å². The maximum atomic E-state index is 8.93. The lowest BCUT2D eigenvalue weighted by atomic mass is 10.1. The summed E-state index contributed by atoms with van der Waals surface area (Å²) >= 11 is 0. The van der Waals surface area contributed by atoms with E-state index in [-0.39, 0.29) is 31.1 Å². The maximum absolute atomic E-state index is 8.93. The minimum absolute atomic E-state index is 0.00266. The molecule has 14 heavy (non-hydrogen) atoms. The largest absolute Gasteiger partial charge is 0.394 e. The fraction of sp³-hybridized carbons (Fsp3) is 1.00. The molecule has 82 valence electrons. The maximum Gasteiger partial charge on any atom is 0.111 e. The van der Waals surface area contributed by atoms with Crippen LogP contribution in [0.4, 0.5) is 0 Å². The SMILES string of the molecule is CCCNC1CC2OC(CO)CC2O1. The lowest BCUT2D eigenvalue weighted by Crippen LogP contribution is -2.30. The molecule has 4 nitrogen and oxygen atoms in total. The summed E-state index contributed by atoms with van der Waals surface area (Å²) in [5.41, 5.74) is 0. The van der Waals surface area contributed by atoms with Gasteiger partial charge in [0.15, 0.2) is 0 Å². The summed E-state index contributed by atoms with van der Waals surface area (Å²) in [4.78, 5) is 0. The third-order valence-electron chi connectivity index (χ3n) is 2.89. The van der Waals surface area contributed by atoms with Gasteiger partial charge < -0.3 is 14.6 Å². The topological polar surface area (TPSA) is 50.7 Å². The fourth-order valence-corrected chi connectivity index (χ4v) is 2.18. The summed E-state index contributed by atoms with van der Waals surface area (Å²) in [5, 5.41) is 12.3. The Morgan fingerprint density at radius 3 is 2.71 bits per heavy atom. The number of nitrogens with one attached hydrogen (secondary N) is 1. The zero-order valence-corrected chi connectivity index (χ0v) is 8.61. The molecule has 2 aliphatic heterocycles. The van der Waals surface area contributed by atoms with Gasteiger partial charge >= 0.3 is 0 Å². The molecule has 0 bridgehead atoms. The molecular weight excluding hydrogens is 182 g/mol. The molecule has 0 aromatic carbocycles. The van der Waals surface area contributed by atoms with Gasteiger partial charge in [0.05, 0.1) is 24.9 Å². The first-order valence-corrected chi connectivity index (χ1v) is 5.48. The highest BCUT2D eigenvalue weighted by atomic mass is 16.6. The van der Waals surface area contributed by atoms with Crippen LogP contribution in [0.25, 0.3) is 0 Å². The molecule has 4 heteroatoms. The number of hydrogen-bond donors (Lipinski definition) is 2. The molecule has 0 aromatic heterocycles. The second-order valence-corrected chi connectivity index (χ2v) is 4.07. The number of ether oxygens (including phenoxy) is 2.